The summed E-state index contributed by atoms with van der Waals surface area (Å²) in [4.78, 5) is 4.08. The van der Waals surface area contributed by atoms with Gasteiger partial charge in [-0.2, -0.15) is 0 Å². The van der Waals surface area contributed by atoms with Crippen LogP contribution in [0.15, 0.2) is 36.8 Å². The molecule has 1 aliphatic carbocycles. The zero-order valence-corrected chi connectivity index (χ0v) is 13.1. The topological polar surface area (TPSA) is 38.1 Å². The summed E-state index contributed by atoms with van der Waals surface area (Å²) in [6.07, 6.45) is 3.06. The first-order chi connectivity index (χ1) is 10.1. The highest BCUT2D eigenvalue weighted by Crippen LogP contribution is 2.61. The maximum Gasteiger partial charge on any atom is 0.280 e. The van der Waals surface area contributed by atoms with Crippen LogP contribution < -0.4 is 0 Å². The lowest BCUT2D eigenvalue weighted by atomic mass is 9.82. The minimum absolute atomic E-state index is 0.0559. The summed E-state index contributed by atoms with van der Waals surface area (Å²) in [5.41, 5.74) is -1.31. The summed E-state index contributed by atoms with van der Waals surface area (Å²) in [5, 5.41) is 10.3. The van der Waals surface area contributed by atoms with Crippen LogP contribution in [0.4, 0.5) is 8.78 Å². The minimum atomic E-state index is -2.95. The van der Waals surface area contributed by atoms with Crippen LogP contribution in [-0.4, -0.2) is 14.7 Å². The van der Waals surface area contributed by atoms with Crippen molar-refractivity contribution in [2.24, 2.45) is 5.41 Å². The third-order valence-electron chi connectivity index (χ3n) is 4.66. The first-order valence-corrected chi connectivity index (χ1v) is 7.30. The van der Waals surface area contributed by atoms with E-state index in [-0.39, 0.29) is 5.56 Å². The van der Waals surface area contributed by atoms with E-state index in [0.717, 1.165) is 0 Å². The van der Waals surface area contributed by atoms with Gasteiger partial charge in [0.1, 0.15) is 5.60 Å². The summed E-state index contributed by atoms with van der Waals surface area (Å²) in [5.74, 6) is -2.95. The number of hydrogen-bond acceptors (Lipinski definition) is 2. The van der Waals surface area contributed by atoms with Crippen molar-refractivity contribution >= 4 is 0 Å². The molecule has 1 atom stereocenters. The lowest BCUT2D eigenvalue weighted by molar-refractivity contribution is -0.114. The first kappa shape index (κ1) is 15.2. The molecule has 0 unspecified atom stereocenters. The van der Waals surface area contributed by atoms with Gasteiger partial charge in [0.2, 0.25) is 0 Å². The van der Waals surface area contributed by atoms with E-state index < -0.39 is 23.0 Å². The van der Waals surface area contributed by atoms with Gasteiger partial charge in [-0.15, -0.1) is 0 Å². The van der Waals surface area contributed by atoms with Gasteiger partial charge in [-0.25, -0.2) is 13.8 Å². The van der Waals surface area contributed by atoms with Crippen LogP contribution in [0.25, 0.3) is 0 Å². The zero-order valence-electron chi connectivity index (χ0n) is 13.1. The van der Waals surface area contributed by atoms with Crippen LogP contribution in [0.1, 0.15) is 50.6 Å². The van der Waals surface area contributed by atoms with Gasteiger partial charge in [-0.05, 0) is 19.4 Å². The molecule has 0 saturated carbocycles. The fourth-order valence-corrected chi connectivity index (χ4v) is 3.41. The van der Waals surface area contributed by atoms with Gasteiger partial charge in [-0.1, -0.05) is 38.1 Å². The summed E-state index contributed by atoms with van der Waals surface area (Å²) in [7, 11) is 0. The van der Waals surface area contributed by atoms with Gasteiger partial charge in [0.15, 0.2) is 0 Å². The monoisotopic (exact) mass is 306 g/mol. The van der Waals surface area contributed by atoms with Crippen LogP contribution in [0, 0.1) is 5.41 Å². The number of hydrogen-bond donors (Lipinski definition) is 1. The molecule has 0 fully saturated rings. The van der Waals surface area contributed by atoms with Gasteiger partial charge in [0.25, 0.3) is 5.92 Å². The Morgan fingerprint density at radius 1 is 1.23 bits per heavy atom. The number of nitrogens with zero attached hydrogens (tertiary/aromatic N) is 2. The van der Waals surface area contributed by atoms with Crippen LogP contribution in [0.2, 0.25) is 0 Å². The van der Waals surface area contributed by atoms with Crippen LogP contribution in [0.5, 0.6) is 0 Å². The maximum absolute atomic E-state index is 14.9. The Bertz CT molecular complexity index is 713. The van der Waals surface area contributed by atoms with Gasteiger partial charge in [0.05, 0.1) is 29.7 Å². The maximum atomic E-state index is 14.9. The molecule has 1 aromatic carbocycles. The van der Waals surface area contributed by atoms with E-state index in [0.29, 0.717) is 11.3 Å². The molecule has 2 aromatic rings. The molecule has 0 saturated heterocycles. The highest BCUT2D eigenvalue weighted by atomic mass is 19.3. The molecule has 1 aliphatic rings. The Labute approximate surface area is 128 Å². The fraction of sp³-hybridized carbons (Fsp3) is 0.471. The van der Waals surface area contributed by atoms with E-state index in [2.05, 4.69) is 4.98 Å². The second-order valence-corrected chi connectivity index (χ2v) is 7.03. The highest BCUT2D eigenvalue weighted by Gasteiger charge is 2.61. The predicted octanol–water partition coefficient (Wildman–Crippen LogP) is 3.83. The molecule has 118 valence electrons. The van der Waals surface area contributed by atoms with Crippen molar-refractivity contribution in [3.05, 3.63) is 53.6 Å². The Morgan fingerprint density at radius 2 is 1.86 bits per heavy atom. The third-order valence-corrected chi connectivity index (χ3v) is 4.66. The van der Waals surface area contributed by atoms with Crippen LogP contribution in [-0.2, 0) is 11.5 Å². The normalized spacial score (nSPS) is 22.6. The molecule has 22 heavy (non-hydrogen) atoms. The molecule has 5 heteroatoms. The lowest BCUT2D eigenvalue weighted by Gasteiger charge is -2.35. The van der Waals surface area contributed by atoms with E-state index in [1.54, 1.807) is 50.5 Å². The Balaban J connectivity index is 2.26. The lowest BCUT2D eigenvalue weighted by Crippen LogP contribution is -2.36. The van der Waals surface area contributed by atoms with Gasteiger partial charge in [0, 0.05) is 5.56 Å². The molecule has 1 heterocycles. The van der Waals surface area contributed by atoms with Crippen LogP contribution >= 0.6 is 0 Å². The molecule has 0 radical (unpaired) electrons. The van der Waals surface area contributed by atoms with Crippen molar-refractivity contribution in [3.8, 4) is 0 Å². The molecule has 0 amide bonds. The first-order valence-electron chi connectivity index (χ1n) is 7.30. The number of rotatable bonds is 2. The minimum Gasteiger partial charge on any atom is -0.384 e. The molecule has 3 rings (SSSR count). The summed E-state index contributed by atoms with van der Waals surface area (Å²) in [6, 6.07) is 6.04. The van der Waals surface area contributed by atoms with Gasteiger partial charge >= 0.3 is 0 Å². The molecule has 1 N–H and O–H groups in total. The predicted molar refractivity (Wildman–Crippen MR) is 79.7 cm³/mol. The number of imidazole rings is 1. The number of halogens is 2. The van der Waals surface area contributed by atoms with E-state index in [9.17, 15) is 13.9 Å². The van der Waals surface area contributed by atoms with Crippen molar-refractivity contribution in [2.45, 2.75) is 45.3 Å². The van der Waals surface area contributed by atoms with Crippen molar-refractivity contribution in [1.82, 2.24) is 9.55 Å². The largest absolute Gasteiger partial charge is 0.384 e. The van der Waals surface area contributed by atoms with Crippen molar-refractivity contribution in [2.75, 3.05) is 0 Å². The average molecular weight is 306 g/mol. The van der Waals surface area contributed by atoms with Crippen molar-refractivity contribution < 1.29 is 13.9 Å². The molecular formula is C17H20F2N2O. The fourth-order valence-electron chi connectivity index (χ4n) is 3.41. The molecule has 1 aromatic heterocycles. The van der Waals surface area contributed by atoms with Gasteiger partial charge in [-0.3, -0.25) is 0 Å². The van der Waals surface area contributed by atoms with E-state index in [1.165, 1.54) is 18.6 Å². The second kappa shape index (κ2) is 4.38. The second-order valence-electron chi connectivity index (χ2n) is 7.03. The Hall–Kier alpha value is -1.75. The number of alkyl halides is 2. The number of benzene rings is 1. The molecule has 3 nitrogen and oxygen atoms in total. The summed E-state index contributed by atoms with van der Waals surface area (Å²) < 4.78 is 31.5. The summed E-state index contributed by atoms with van der Waals surface area (Å²) >= 11 is 0. The molecule has 0 aliphatic heterocycles. The smallest absolute Gasteiger partial charge is 0.280 e. The SMILES string of the molecule is CC(C)(O)c1cncn1[C@H]1c2ccccc2C(F)(F)C1(C)C. The van der Waals surface area contributed by atoms with E-state index in [1.807, 2.05) is 0 Å². The summed E-state index contributed by atoms with van der Waals surface area (Å²) in [6.45, 7) is 6.39. The third kappa shape index (κ3) is 1.85. The average Bonchev–Trinajstić information content (AvgIpc) is 2.92. The van der Waals surface area contributed by atoms with E-state index in [4.69, 9.17) is 0 Å². The van der Waals surface area contributed by atoms with Gasteiger partial charge < -0.3 is 9.67 Å². The molecule has 0 spiro atoms. The van der Waals surface area contributed by atoms with Crippen molar-refractivity contribution in [1.29, 1.82) is 0 Å². The standard InChI is InChI=1S/C17H20F2N2O/c1-15(2)14(21-10-20-9-13(21)16(3,4)22)11-7-5-6-8-12(11)17(15,18)19/h5-10,14,22H,1-4H3/t14-/m0/s1. The molecule has 0 bridgehead atoms. The number of aliphatic hydroxyl groups is 1. The number of fused-ring (bicyclic) bond motifs is 1. The number of aromatic nitrogens is 2. The van der Waals surface area contributed by atoms with Crippen LogP contribution in [0.3, 0.4) is 0 Å². The quantitative estimate of drug-likeness (QED) is 0.915. The van der Waals surface area contributed by atoms with E-state index >= 15 is 0 Å². The molecular weight excluding hydrogens is 286 g/mol. The highest BCUT2D eigenvalue weighted by molar-refractivity contribution is 5.43. The van der Waals surface area contributed by atoms with Crippen molar-refractivity contribution in [3.63, 3.8) is 0 Å². The Morgan fingerprint density at radius 3 is 2.50 bits per heavy atom. The Kier molecular flexibility index (Phi) is 3.02. The zero-order chi connectivity index (χ0) is 16.3.